The van der Waals surface area contributed by atoms with Gasteiger partial charge in [0.15, 0.2) is 0 Å². The van der Waals surface area contributed by atoms with Crippen molar-refractivity contribution in [1.29, 1.82) is 0 Å². The molecule has 6 heteroatoms. The Morgan fingerprint density at radius 3 is 2.52 bits per heavy atom. The zero-order valence-corrected chi connectivity index (χ0v) is 14.4. The van der Waals surface area contributed by atoms with E-state index in [2.05, 4.69) is 15.6 Å². The fourth-order valence-corrected chi connectivity index (χ4v) is 2.10. The van der Waals surface area contributed by atoms with Crippen molar-refractivity contribution in [3.63, 3.8) is 0 Å². The van der Waals surface area contributed by atoms with Crippen molar-refractivity contribution in [2.24, 2.45) is 0 Å². The fourth-order valence-electron chi connectivity index (χ4n) is 1.87. The highest BCUT2D eigenvalue weighted by atomic mass is 35.5. The Balaban J connectivity index is 2.01. The maximum atomic E-state index is 11.7. The van der Waals surface area contributed by atoms with Gasteiger partial charge < -0.3 is 10.1 Å². The van der Waals surface area contributed by atoms with Crippen molar-refractivity contribution in [3.05, 3.63) is 47.1 Å². The predicted octanol–water partition coefficient (Wildman–Crippen LogP) is 5.13. The smallest absolute Gasteiger partial charge is 0.412 e. The zero-order chi connectivity index (χ0) is 17.0. The van der Waals surface area contributed by atoms with Crippen molar-refractivity contribution in [3.8, 4) is 0 Å². The largest absolute Gasteiger partial charge is 0.444 e. The molecule has 0 bridgehead atoms. The quantitative estimate of drug-likeness (QED) is 0.816. The number of amides is 1. The highest BCUT2D eigenvalue weighted by molar-refractivity contribution is 6.30. The molecule has 1 aromatic carbocycles. The lowest BCUT2D eigenvalue weighted by molar-refractivity contribution is 0.0636. The zero-order valence-electron chi connectivity index (χ0n) is 13.6. The Morgan fingerprint density at radius 2 is 1.96 bits per heavy atom. The SMILES string of the molecule is Cc1cc(Cl)ccc1Nc1ccc(NC(=O)OC(C)(C)C)cn1. The van der Waals surface area contributed by atoms with Crippen LogP contribution in [0.4, 0.5) is 22.0 Å². The number of benzene rings is 1. The molecule has 0 aliphatic rings. The van der Waals surface area contributed by atoms with E-state index in [1.54, 1.807) is 18.3 Å². The second kappa shape index (κ2) is 6.87. The van der Waals surface area contributed by atoms with E-state index >= 15 is 0 Å². The first-order chi connectivity index (χ1) is 10.7. The molecule has 0 unspecified atom stereocenters. The molecule has 0 radical (unpaired) electrons. The molecule has 0 aliphatic heterocycles. The molecule has 122 valence electrons. The number of pyridine rings is 1. The summed E-state index contributed by atoms with van der Waals surface area (Å²) in [6, 6.07) is 9.12. The summed E-state index contributed by atoms with van der Waals surface area (Å²) >= 11 is 5.94. The number of carbonyl (C=O) groups is 1. The van der Waals surface area contributed by atoms with Gasteiger partial charge in [-0.05, 0) is 63.6 Å². The molecular weight excluding hydrogens is 314 g/mol. The summed E-state index contributed by atoms with van der Waals surface area (Å²) in [6.07, 6.45) is 1.06. The lowest BCUT2D eigenvalue weighted by atomic mass is 10.2. The van der Waals surface area contributed by atoms with Crippen molar-refractivity contribution in [1.82, 2.24) is 4.98 Å². The minimum Gasteiger partial charge on any atom is -0.444 e. The standard InChI is InChI=1S/C17H20ClN3O2/c1-11-9-12(18)5-7-14(11)21-15-8-6-13(10-19-15)20-16(22)23-17(2,3)4/h5-10H,1-4H3,(H,19,21)(H,20,22). The molecule has 0 atom stereocenters. The average molecular weight is 334 g/mol. The normalized spacial score (nSPS) is 11.0. The van der Waals surface area contributed by atoms with Gasteiger partial charge in [0.25, 0.3) is 0 Å². The first kappa shape index (κ1) is 17.1. The van der Waals surface area contributed by atoms with E-state index in [1.165, 1.54) is 0 Å². The average Bonchev–Trinajstić information content (AvgIpc) is 2.42. The number of aromatic nitrogens is 1. The summed E-state index contributed by atoms with van der Waals surface area (Å²) < 4.78 is 5.19. The van der Waals surface area contributed by atoms with Gasteiger partial charge >= 0.3 is 6.09 Å². The number of nitrogens with one attached hydrogen (secondary N) is 2. The molecule has 1 aromatic heterocycles. The van der Waals surface area contributed by atoms with Gasteiger partial charge in [-0.15, -0.1) is 0 Å². The molecule has 23 heavy (non-hydrogen) atoms. The first-order valence-electron chi connectivity index (χ1n) is 7.22. The lowest BCUT2D eigenvalue weighted by Crippen LogP contribution is -2.27. The highest BCUT2D eigenvalue weighted by Crippen LogP contribution is 2.23. The third kappa shape index (κ3) is 5.45. The number of ether oxygens (including phenoxy) is 1. The Bertz CT molecular complexity index is 694. The number of halogens is 1. The number of hydrogen-bond donors (Lipinski definition) is 2. The molecule has 1 amide bonds. The van der Waals surface area contributed by atoms with Crippen LogP contribution in [-0.4, -0.2) is 16.7 Å². The van der Waals surface area contributed by atoms with E-state index in [0.717, 1.165) is 11.3 Å². The van der Waals surface area contributed by atoms with Gasteiger partial charge in [-0.1, -0.05) is 11.6 Å². The molecule has 2 N–H and O–H groups in total. The Labute approximate surface area is 141 Å². The molecule has 5 nitrogen and oxygen atoms in total. The van der Waals surface area contributed by atoms with Gasteiger partial charge in [-0.3, -0.25) is 5.32 Å². The molecule has 1 heterocycles. The van der Waals surface area contributed by atoms with Crippen LogP contribution in [-0.2, 0) is 4.74 Å². The minimum absolute atomic E-state index is 0.506. The number of rotatable bonds is 3. The van der Waals surface area contributed by atoms with Crippen LogP contribution in [0.15, 0.2) is 36.5 Å². The maximum Gasteiger partial charge on any atom is 0.412 e. The van der Waals surface area contributed by atoms with E-state index in [1.807, 2.05) is 45.9 Å². The molecule has 0 saturated carbocycles. The monoisotopic (exact) mass is 333 g/mol. The van der Waals surface area contributed by atoms with Crippen LogP contribution in [0.2, 0.25) is 5.02 Å². The number of nitrogens with zero attached hydrogens (tertiary/aromatic N) is 1. The van der Waals surface area contributed by atoms with Gasteiger partial charge in [-0.2, -0.15) is 0 Å². The third-order valence-electron chi connectivity index (χ3n) is 2.86. The summed E-state index contributed by atoms with van der Waals surface area (Å²) in [6.45, 7) is 7.40. The molecule has 2 rings (SSSR count). The van der Waals surface area contributed by atoms with E-state index in [-0.39, 0.29) is 0 Å². The molecular formula is C17H20ClN3O2. The minimum atomic E-state index is -0.537. The number of hydrogen-bond acceptors (Lipinski definition) is 4. The molecule has 0 fully saturated rings. The van der Waals surface area contributed by atoms with Crippen LogP contribution < -0.4 is 10.6 Å². The van der Waals surface area contributed by atoms with Gasteiger partial charge in [0.05, 0.1) is 11.9 Å². The van der Waals surface area contributed by atoms with Crippen LogP contribution >= 0.6 is 11.6 Å². The summed E-state index contributed by atoms with van der Waals surface area (Å²) in [5.74, 6) is 0.671. The molecule has 0 saturated heterocycles. The Morgan fingerprint density at radius 1 is 1.22 bits per heavy atom. The van der Waals surface area contributed by atoms with E-state index in [4.69, 9.17) is 16.3 Å². The Kier molecular flexibility index (Phi) is 5.11. The van der Waals surface area contributed by atoms with Crippen LogP contribution in [0.1, 0.15) is 26.3 Å². The number of anilines is 3. The second-order valence-electron chi connectivity index (χ2n) is 6.14. The van der Waals surface area contributed by atoms with Crippen molar-refractivity contribution >= 4 is 34.9 Å². The van der Waals surface area contributed by atoms with Crippen LogP contribution in [0.25, 0.3) is 0 Å². The van der Waals surface area contributed by atoms with Gasteiger partial charge in [0.2, 0.25) is 0 Å². The molecule has 0 aliphatic carbocycles. The number of carbonyl (C=O) groups excluding carboxylic acids is 1. The second-order valence-corrected chi connectivity index (χ2v) is 6.58. The highest BCUT2D eigenvalue weighted by Gasteiger charge is 2.16. The van der Waals surface area contributed by atoms with Gasteiger partial charge in [0.1, 0.15) is 11.4 Å². The van der Waals surface area contributed by atoms with Crippen molar-refractivity contribution in [2.45, 2.75) is 33.3 Å². The summed E-state index contributed by atoms with van der Waals surface area (Å²) in [7, 11) is 0. The molecule has 2 aromatic rings. The fraction of sp³-hybridized carbons (Fsp3) is 0.294. The molecule has 0 spiro atoms. The van der Waals surface area contributed by atoms with Gasteiger partial charge in [0, 0.05) is 10.7 Å². The Hall–Kier alpha value is -2.27. The van der Waals surface area contributed by atoms with E-state index < -0.39 is 11.7 Å². The summed E-state index contributed by atoms with van der Waals surface area (Å²) in [5, 5.41) is 6.54. The van der Waals surface area contributed by atoms with Crippen molar-refractivity contribution in [2.75, 3.05) is 10.6 Å². The third-order valence-corrected chi connectivity index (χ3v) is 3.10. The van der Waals surface area contributed by atoms with Crippen LogP contribution in [0, 0.1) is 6.92 Å². The van der Waals surface area contributed by atoms with E-state index in [9.17, 15) is 4.79 Å². The van der Waals surface area contributed by atoms with Gasteiger partial charge in [-0.25, -0.2) is 9.78 Å². The van der Waals surface area contributed by atoms with Crippen molar-refractivity contribution < 1.29 is 9.53 Å². The number of aryl methyl sites for hydroxylation is 1. The van der Waals surface area contributed by atoms with Crippen LogP contribution in [0.3, 0.4) is 0 Å². The lowest BCUT2D eigenvalue weighted by Gasteiger charge is -2.19. The summed E-state index contributed by atoms with van der Waals surface area (Å²) in [5.41, 5.74) is 1.98. The maximum absolute atomic E-state index is 11.7. The van der Waals surface area contributed by atoms with Crippen LogP contribution in [0.5, 0.6) is 0 Å². The first-order valence-corrected chi connectivity index (χ1v) is 7.60. The topological polar surface area (TPSA) is 63.2 Å². The predicted molar refractivity (Wildman–Crippen MR) is 93.6 cm³/mol. The van der Waals surface area contributed by atoms with E-state index in [0.29, 0.717) is 16.5 Å². The summed E-state index contributed by atoms with van der Waals surface area (Å²) in [4.78, 5) is 16.0.